The molecule has 0 bridgehead atoms. The predicted molar refractivity (Wildman–Crippen MR) is 142 cm³/mol. The molecule has 0 atom stereocenters. The van der Waals surface area contributed by atoms with Crippen LogP contribution in [0, 0.1) is 29.0 Å². The van der Waals surface area contributed by atoms with E-state index in [1.807, 2.05) is 6.07 Å². The average molecular weight is 543 g/mol. The van der Waals surface area contributed by atoms with E-state index in [4.69, 9.17) is 9.47 Å². The first-order valence-electron chi connectivity index (χ1n) is 12.6. The number of fused-ring (bicyclic) bond motifs is 1. The highest BCUT2D eigenvalue weighted by Gasteiger charge is 2.30. The number of benzene rings is 2. The second kappa shape index (κ2) is 11.5. The highest BCUT2D eigenvalue weighted by Crippen LogP contribution is 2.33. The first-order chi connectivity index (χ1) is 18.5. The number of aromatic nitrogens is 1. The van der Waals surface area contributed by atoms with Gasteiger partial charge in [0.1, 0.15) is 18.1 Å². The van der Waals surface area contributed by atoms with Gasteiger partial charge in [0.2, 0.25) is 0 Å². The minimum absolute atomic E-state index is 0.0357. The molecule has 10 heteroatoms. The number of rotatable bonds is 7. The van der Waals surface area contributed by atoms with Crippen LogP contribution >= 0.6 is 0 Å². The van der Waals surface area contributed by atoms with Crippen molar-refractivity contribution in [3.05, 3.63) is 53.5 Å². The molecule has 2 aromatic carbocycles. The maximum Gasteiger partial charge on any atom is 0.406 e. The Morgan fingerprint density at radius 3 is 2.51 bits per heavy atom. The van der Waals surface area contributed by atoms with E-state index >= 15 is 0 Å². The number of methoxy groups -OCH3 is 1. The molecule has 3 aromatic rings. The molecule has 1 aliphatic rings. The van der Waals surface area contributed by atoms with E-state index < -0.39 is 24.0 Å². The summed E-state index contributed by atoms with van der Waals surface area (Å²) in [5.41, 5.74) is 1.40. The minimum Gasteiger partial charge on any atom is -0.495 e. The van der Waals surface area contributed by atoms with Gasteiger partial charge in [-0.25, -0.2) is 4.39 Å². The summed E-state index contributed by atoms with van der Waals surface area (Å²) >= 11 is 0. The van der Waals surface area contributed by atoms with E-state index in [2.05, 4.69) is 28.5 Å². The lowest BCUT2D eigenvalue weighted by Gasteiger charge is -2.24. The van der Waals surface area contributed by atoms with Gasteiger partial charge in [-0.2, -0.15) is 18.4 Å². The number of hydrogen-bond acceptors (Lipinski definition) is 5. The number of hydrogen-bond donors (Lipinski definition) is 2. The normalized spacial score (nSPS) is 14.4. The van der Waals surface area contributed by atoms with Crippen molar-refractivity contribution in [2.45, 2.75) is 50.9 Å². The molecule has 1 fully saturated rings. The van der Waals surface area contributed by atoms with Crippen molar-refractivity contribution >= 4 is 22.3 Å². The van der Waals surface area contributed by atoms with E-state index in [9.17, 15) is 22.8 Å². The Hall–Kier alpha value is -3.89. The van der Waals surface area contributed by atoms with Crippen LogP contribution in [0.2, 0.25) is 0 Å². The number of nitrogens with zero attached hydrogens (tertiary/aromatic N) is 2. The fourth-order valence-electron chi connectivity index (χ4n) is 4.52. The van der Waals surface area contributed by atoms with Gasteiger partial charge in [-0.1, -0.05) is 12.0 Å². The van der Waals surface area contributed by atoms with Gasteiger partial charge in [-0.15, -0.1) is 0 Å². The number of alkyl halides is 3. The van der Waals surface area contributed by atoms with Crippen molar-refractivity contribution in [3.63, 3.8) is 0 Å². The summed E-state index contributed by atoms with van der Waals surface area (Å²) in [6, 6.07) is 11.6. The van der Waals surface area contributed by atoms with Gasteiger partial charge in [0.05, 0.1) is 42.0 Å². The molecule has 1 saturated heterocycles. The van der Waals surface area contributed by atoms with Crippen LogP contribution in [0.3, 0.4) is 0 Å². The summed E-state index contributed by atoms with van der Waals surface area (Å²) < 4.78 is 66.8. The quantitative estimate of drug-likeness (QED) is 0.275. The summed E-state index contributed by atoms with van der Waals surface area (Å²) in [6.07, 6.45) is -3.08. The van der Waals surface area contributed by atoms with Gasteiger partial charge in [0.25, 0.3) is 0 Å². The largest absolute Gasteiger partial charge is 0.495 e. The molecule has 0 aliphatic carbocycles. The predicted octanol–water partition coefficient (Wildman–Crippen LogP) is 6.21. The second-order valence-electron chi connectivity index (χ2n) is 9.96. The molecule has 39 heavy (non-hydrogen) atoms. The van der Waals surface area contributed by atoms with Crippen LogP contribution in [-0.2, 0) is 16.7 Å². The van der Waals surface area contributed by atoms with Gasteiger partial charge < -0.3 is 24.7 Å². The van der Waals surface area contributed by atoms with Gasteiger partial charge >= 0.3 is 6.18 Å². The van der Waals surface area contributed by atoms with Gasteiger partial charge in [0, 0.05) is 30.3 Å². The molecular weight excluding hydrogens is 512 g/mol. The van der Waals surface area contributed by atoms with Crippen LogP contribution in [0.25, 0.3) is 10.9 Å². The summed E-state index contributed by atoms with van der Waals surface area (Å²) in [5, 5.41) is 16.3. The lowest BCUT2D eigenvalue weighted by atomic mass is 9.86. The van der Waals surface area contributed by atoms with Crippen molar-refractivity contribution in [2.75, 3.05) is 37.5 Å². The fourth-order valence-corrected chi connectivity index (χ4v) is 4.52. The first kappa shape index (κ1) is 28.1. The van der Waals surface area contributed by atoms with Crippen LogP contribution in [-0.4, -0.2) is 43.7 Å². The molecule has 6 nitrogen and oxygen atoms in total. The van der Waals surface area contributed by atoms with Crippen molar-refractivity contribution < 1.29 is 27.0 Å². The average Bonchev–Trinajstić information content (AvgIpc) is 3.22. The molecule has 0 saturated carbocycles. The fraction of sp³-hybridized carbons (Fsp3) is 0.414. The van der Waals surface area contributed by atoms with Crippen LogP contribution in [0.15, 0.2) is 36.4 Å². The Morgan fingerprint density at radius 1 is 1.10 bits per heavy atom. The lowest BCUT2D eigenvalue weighted by Crippen LogP contribution is -2.27. The smallest absolute Gasteiger partial charge is 0.406 e. The maximum absolute atomic E-state index is 14.5. The minimum atomic E-state index is -4.52. The zero-order chi connectivity index (χ0) is 28.2. The third-order valence-corrected chi connectivity index (χ3v) is 6.69. The molecule has 0 amide bonds. The van der Waals surface area contributed by atoms with E-state index in [1.54, 1.807) is 32.0 Å². The molecule has 1 aromatic heterocycles. The Labute approximate surface area is 224 Å². The molecule has 0 spiro atoms. The van der Waals surface area contributed by atoms with Crippen molar-refractivity contribution in [1.29, 1.82) is 5.26 Å². The summed E-state index contributed by atoms with van der Waals surface area (Å²) in [6.45, 7) is 3.56. The summed E-state index contributed by atoms with van der Waals surface area (Å²) in [4.78, 5) is 0. The van der Waals surface area contributed by atoms with Crippen LogP contribution < -0.4 is 15.4 Å². The van der Waals surface area contributed by atoms with E-state index in [-0.39, 0.29) is 23.8 Å². The molecule has 206 valence electrons. The van der Waals surface area contributed by atoms with Crippen LogP contribution in [0.1, 0.15) is 37.9 Å². The molecule has 4 rings (SSSR count). The van der Waals surface area contributed by atoms with Crippen molar-refractivity contribution in [2.24, 2.45) is 0 Å². The molecule has 0 unspecified atom stereocenters. The lowest BCUT2D eigenvalue weighted by molar-refractivity contribution is -0.140. The monoisotopic (exact) mass is 542 g/mol. The zero-order valence-corrected chi connectivity index (χ0v) is 22.0. The standard InChI is InChI=1S/C29H30F4N4O2/c1-28(2,17-34)19-6-7-24(27(13-19)38-3)35-10-4-5-22-16-23-25(36-21-8-11-39-12-9-21)14-20(30)15-26(23)37(22)18-29(31,32)33/h6-7,13-16,21,35-36H,8-12,18H2,1-3H3. The van der Waals surface area contributed by atoms with Crippen LogP contribution in [0.4, 0.5) is 28.9 Å². The Balaban J connectivity index is 1.62. The molecule has 2 N–H and O–H groups in total. The summed E-state index contributed by atoms with van der Waals surface area (Å²) in [7, 11) is 1.51. The summed E-state index contributed by atoms with van der Waals surface area (Å²) in [5.74, 6) is 5.58. The molecule has 1 aliphatic heterocycles. The number of ether oxygens (including phenoxy) is 2. The van der Waals surface area contributed by atoms with E-state index in [0.717, 1.165) is 29.0 Å². The van der Waals surface area contributed by atoms with E-state index in [0.29, 0.717) is 35.7 Å². The van der Waals surface area contributed by atoms with Crippen molar-refractivity contribution in [3.8, 4) is 23.7 Å². The number of nitrogens with one attached hydrogen (secondary N) is 2. The third-order valence-electron chi connectivity index (χ3n) is 6.69. The Bertz CT molecular complexity index is 1440. The number of halogens is 4. The van der Waals surface area contributed by atoms with E-state index in [1.165, 1.54) is 13.2 Å². The Kier molecular flexibility index (Phi) is 8.27. The van der Waals surface area contributed by atoms with Crippen molar-refractivity contribution in [1.82, 2.24) is 4.57 Å². The third kappa shape index (κ3) is 6.76. The molecule has 0 radical (unpaired) electrons. The second-order valence-corrected chi connectivity index (χ2v) is 9.96. The van der Waals surface area contributed by atoms with Gasteiger partial charge in [-0.05, 0) is 68.5 Å². The number of nitriles is 1. The molecular formula is C29H30F4N4O2. The zero-order valence-electron chi connectivity index (χ0n) is 22.0. The van der Waals surface area contributed by atoms with Gasteiger partial charge in [-0.3, -0.25) is 0 Å². The maximum atomic E-state index is 14.5. The number of anilines is 2. The Morgan fingerprint density at radius 2 is 1.85 bits per heavy atom. The van der Waals surface area contributed by atoms with Crippen LogP contribution in [0.5, 0.6) is 5.75 Å². The highest BCUT2D eigenvalue weighted by molar-refractivity contribution is 5.94. The SMILES string of the molecule is COc1cc(C(C)(C)C#N)ccc1NCC#Cc1cc2c(NC3CCOCC3)cc(F)cc2n1CC(F)(F)F. The van der Waals surface area contributed by atoms with Gasteiger partial charge in [0.15, 0.2) is 0 Å². The topological polar surface area (TPSA) is 71.2 Å². The molecule has 2 heterocycles. The first-order valence-corrected chi connectivity index (χ1v) is 12.6. The highest BCUT2D eigenvalue weighted by atomic mass is 19.4.